The molecule has 0 aromatic rings. The molecule has 0 aromatic carbocycles. The number of rotatable bonds is 2. The summed E-state index contributed by atoms with van der Waals surface area (Å²) >= 11 is 0. The molecule has 0 bridgehead atoms. The molecule has 5 nitrogen and oxygen atoms in total. The van der Waals surface area contributed by atoms with Crippen molar-refractivity contribution in [2.75, 3.05) is 6.61 Å². The Morgan fingerprint density at radius 1 is 1.23 bits per heavy atom. The van der Waals surface area contributed by atoms with Crippen molar-refractivity contribution in [1.82, 2.24) is 0 Å². The van der Waals surface area contributed by atoms with E-state index in [2.05, 4.69) is 6.92 Å². The minimum Gasteiger partial charge on any atom is -0.389 e. The van der Waals surface area contributed by atoms with Crippen LogP contribution in [0.5, 0.6) is 0 Å². The Bertz CT molecular complexity index is 684. The number of aliphatic hydroxyl groups is 3. The van der Waals surface area contributed by atoms with Gasteiger partial charge in [0.2, 0.25) is 0 Å². The number of Topliss-reactive ketones (excluding diaryl/α,β-unsaturated/α-hetero) is 2. The lowest BCUT2D eigenvalue weighted by Gasteiger charge is -2.58. The molecule has 3 saturated carbocycles. The Balaban J connectivity index is 1.74. The monoisotopic (exact) mass is 362 g/mol. The van der Waals surface area contributed by atoms with Crippen LogP contribution in [0.4, 0.5) is 0 Å². The third-order valence-corrected chi connectivity index (χ3v) is 8.54. The fourth-order valence-electron chi connectivity index (χ4n) is 7.13. The highest BCUT2D eigenvalue weighted by atomic mass is 16.3. The zero-order chi connectivity index (χ0) is 18.9. The lowest BCUT2D eigenvalue weighted by atomic mass is 9.46. The number of hydrogen-bond acceptors (Lipinski definition) is 5. The van der Waals surface area contributed by atoms with E-state index in [1.165, 1.54) is 5.57 Å². The van der Waals surface area contributed by atoms with Crippen LogP contribution in [0.2, 0.25) is 0 Å². The van der Waals surface area contributed by atoms with Crippen LogP contribution in [0.25, 0.3) is 0 Å². The number of allylic oxidation sites excluding steroid dienone is 1. The average Bonchev–Trinajstić information content (AvgIpc) is 2.86. The second kappa shape index (κ2) is 5.73. The first-order valence-corrected chi connectivity index (χ1v) is 9.96. The summed E-state index contributed by atoms with van der Waals surface area (Å²) in [5, 5.41) is 30.5. The van der Waals surface area contributed by atoms with Crippen LogP contribution in [0.1, 0.15) is 58.8 Å². The van der Waals surface area contributed by atoms with Gasteiger partial charge in [0.05, 0.1) is 6.10 Å². The molecule has 0 unspecified atom stereocenters. The number of aliphatic hydroxyl groups excluding tert-OH is 2. The van der Waals surface area contributed by atoms with Crippen molar-refractivity contribution in [2.24, 2.45) is 28.6 Å². The summed E-state index contributed by atoms with van der Waals surface area (Å²) < 4.78 is 0. The Hall–Kier alpha value is -1.04. The zero-order valence-electron chi connectivity index (χ0n) is 15.7. The summed E-state index contributed by atoms with van der Waals surface area (Å²) in [5.41, 5.74) is -1.36. The molecule has 0 aliphatic heterocycles. The highest BCUT2D eigenvalue weighted by molar-refractivity contribution is 5.92. The molecule has 0 heterocycles. The zero-order valence-corrected chi connectivity index (χ0v) is 15.7. The maximum absolute atomic E-state index is 13.3. The van der Waals surface area contributed by atoms with Crippen LogP contribution < -0.4 is 0 Å². The quantitative estimate of drug-likeness (QED) is 0.651. The van der Waals surface area contributed by atoms with Gasteiger partial charge in [0.1, 0.15) is 18.0 Å². The fourth-order valence-corrected chi connectivity index (χ4v) is 7.13. The third kappa shape index (κ3) is 2.14. The first-order chi connectivity index (χ1) is 12.2. The number of carbonyl (C=O) groups excluding carboxylic acids is 2. The standard InChI is InChI=1S/C21H30O5/c1-19-7-5-13(23)9-12(19)3-4-14-15-6-8-21(26,17(25)11-22)20(15,2)10-16(24)18(14)19/h9,13-15,18,22-23,26H,3-8,10-11H2,1-2H3/t13-,14+,15+,18-,19+,20+,21+/m1/s1. The SMILES string of the molecule is C[C@]12CC[C@@H](O)C=C1CC[C@@H]1[C@@H]2C(=O)C[C@@]2(C)[C@H]1CC[C@]2(O)C(=O)CO. The van der Waals surface area contributed by atoms with Gasteiger partial charge in [-0.3, -0.25) is 9.59 Å². The number of fused-ring (bicyclic) bond motifs is 5. The summed E-state index contributed by atoms with van der Waals surface area (Å²) in [6.45, 7) is 3.37. The van der Waals surface area contributed by atoms with Crippen molar-refractivity contribution in [3.8, 4) is 0 Å². The molecule has 7 atom stereocenters. The highest BCUT2D eigenvalue weighted by Crippen LogP contribution is 2.66. The first kappa shape index (κ1) is 18.3. The van der Waals surface area contributed by atoms with E-state index in [9.17, 15) is 24.9 Å². The maximum Gasteiger partial charge on any atom is 0.190 e. The van der Waals surface area contributed by atoms with Gasteiger partial charge in [-0.25, -0.2) is 0 Å². The van der Waals surface area contributed by atoms with E-state index in [0.29, 0.717) is 12.8 Å². The van der Waals surface area contributed by atoms with Gasteiger partial charge in [-0.2, -0.15) is 0 Å². The lowest BCUT2D eigenvalue weighted by molar-refractivity contribution is -0.170. The fraction of sp³-hybridized carbons (Fsp3) is 0.810. The van der Waals surface area contributed by atoms with Gasteiger partial charge in [-0.1, -0.05) is 25.5 Å². The van der Waals surface area contributed by atoms with Crippen molar-refractivity contribution in [2.45, 2.75) is 70.5 Å². The number of ketones is 2. The molecule has 4 aliphatic rings. The van der Waals surface area contributed by atoms with Gasteiger partial charge < -0.3 is 15.3 Å². The minimum atomic E-state index is -1.59. The van der Waals surface area contributed by atoms with Gasteiger partial charge in [0, 0.05) is 17.8 Å². The Kier molecular flexibility index (Phi) is 4.04. The largest absolute Gasteiger partial charge is 0.389 e. The molecule has 3 fully saturated rings. The summed E-state index contributed by atoms with van der Waals surface area (Å²) in [6.07, 6.45) is 6.06. The van der Waals surface area contributed by atoms with Gasteiger partial charge >= 0.3 is 0 Å². The van der Waals surface area contributed by atoms with Crippen LogP contribution in [0.3, 0.4) is 0 Å². The average molecular weight is 362 g/mol. The molecule has 0 saturated heterocycles. The van der Waals surface area contributed by atoms with E-state index in [-0.39, 0.29) is 35.4 Å². The van der Waals surface area contributed by atoms with Crippen LogP contribution in [-0.2, 0) is 9.59 Å². The van der Waals surface area contributed by atoms with Gasteiger partial charge in [0.15, 0.2) is 5.78 Å². The van der Waals surface area contributed by atoms with Crippen LogP contribution in [0.15, 0.2) is 11.6 Å². The second-order valence-corrected chi connectivity index (χ2v) is 9.54. The summed E-state index contributed by atoms with van der Waals surface area (Å²) in [7, 11) is 0. The molecule has 0 aromatic heterocycles. The predicted molar refractivity (Wildman–Crippen MR) is 95.1 cm³/mol. The van der Waals surface area contributed by atoms with Crippen LogP contribution in [-0.4, -0.2) is 45.2 Å². The predicted octanol–water partition coefficient (Wildman–Crippen LogP) is 1.78. The molecule has 26 heavy (non-hydrogen) atoms. The van der Waals surface area contributed by atoms with Crippen molar-refractivity contribution < 1.29 is 24.9 Å². The summed E-state index contributed by atoms with van der Waals surface area (Å²) in [5.74, 6) is -0.198. The molecule has 3 N–H and O–H groups in total. The molecule has 4 aliphatic carbocycles. The highest BCUT2D eigenvalue weighted by Gasteiger charge is 2.68. The molecule has 5 heteroatoms. The van der Waals surface area contributed by atoms with Crippen molar-refractivity contribution in [1.29, 1.82) is 0 Å². The smallest absolute Gasteiger partial charge is 0.190 e. The van der Waals surface area contributed by atoms with E-state index in [0.717, 1.165) is 25.7 Å². The molecule has 0 amide bonds. The topological polar surface area (TPSA) is 94.8 Å². The van der Waals surface area contributed by atoms with Gasteiger partial charge in [-0.05, 0) is 55.8 Å². The van der Waals surface area contributed by atoms with Gasteiger partial charge in [-0.15, -0.1) is 0 Å². The van der Waals surface area contributed by atoms with E-state index in [1.807, 2.05) is 13.0 Å². The molecule has 0 radical (unpaired) electrons. The van der Waals surface area contributed by atoms with Crippen LogP contribution >= 0.6 is 0 Å². The minimum absolute atomic E-state index is 0.0837. The number of carbonyl (C=O) groups is 2. The van der Waals surface area contributed by atoms with Crippen molar-refractivity contribution in [3.05, 3.63) is 11.6 Å². The molecule has 0 spiro atoms. The second-order valence-electron chi connectivity index (χ2n) is 9.54. The van der Waals surface area contributed by atoms with Gasteiger partial charge in [0.25, 0.3) is 0 Å². The lowest BCUT2D eigenvalue weighted by Crippen LogP contribution is -2.61. The summed E-state index contributed by atoms with van der Waals surface area (Å²) in [6, 6.07) is 0. The van der Waals surface area contributed by atoms with E-state index in [4.69, 9.17) is 0 Å². The first-order valence-electron chi connectivity index (χ1n) is 9.96. The molecular formula is C21H30O5. The Morgan fingerprint density at radius 3 is 2.65 bits per heavy atom. The van der Waals surface area contributed by atoms with Crippen molar-refractivity contribution in [3.63, 3.8) is 0 Å². The van der Waals surface area contributed by atoms with E-state index < -0.39 is 29.5 Å². The van der Waals surface area contributed by atoms with E-state index >= 15 is 0 Å². The van der Waals surface area contributed by atoms with E-state index in [1.54, 1.807) is 0 Å². The van der Waals surface area contributed by atoms with Crippen molar-refractivity contribution >= 4 is 11.6 Å². The Labute approximate surface area is 154 Å². The normalized spacial score (nSPS) is 50.5. The Morgan fingerprint density at radius 2 is 1.96 bits per heavy atom. The molecular weight excluding hydrogens is 332 g/mol. The maximum atomic E-state index is 13.3. The van der Waals surface area contributed by atoms with Crippen LogP contribution in [0, 0.1) is 28.6 Å². The third-order valence-electron chi connectivity index (χ3n) is 8.54. The summed E-state index contributed by atoms with van der Waals surface area (Å²) in [4.78, 5) is 25.7. The molecule has 144 valence electrons. The molecule has 4 rings (SSSR count). The number of hydrogen-bond donors (Lipinski definition) is 3.